The van der Waals surface area contributed by atoms with E-state index < -0.39 is 17.5 Å². The summed E-state index contributed by atoms with van der Waals surface area (Å²) in [5.41, 5.74) is -0.564. The molecule has 3 heterocycles. The predicted octanol–water partition coefficient (Wildman–Crippen LogP) is 2.84. The zero-order chi connectivity index (χ0) is 22.4. The Balaban J connectivity index is 1.72. The Labute approximate surface area is 174 Å². The molecule has 4 rings (SSSR count). The van der Waals surface area contributed by atoms with Gasteiger partial charge in [-0.05, 0) is 26.0 Å². The van der Waals surface area contributed by atoms with Crippen LogP contribution in [0.3, 0.4) is 0 Å². The number of aromatic amines is 1. The molecule has 31 heavy (non-hydrogen) atoms. The maximum Gasteiger partial charge on any atom is 0.435 e. The Morgan fingerprint density at radius 2 is 1.94 bits per heavy atom. The Bertz CT molecular complexity index is 1190. The molecule has 0 saturated heterocycles. The average Bonchev–Trinajstić information content (AvgIpc) is 3.28. The van der Waals surface area contributed by atoms with Gasteiger partial charge < -0.3 is 20.3 Å². The number of alkyl halides is 3. The van der Waals surface area contributed by atoms with Crippen LogP contribution in [0.15, 0.2) is 30.5 Å². The summed E-state index contributed by atoms with van der Waals surface area (Å²) in [5, 5.41) is 17.1. The van der Waals surface area contributed by atoms with Gasteiger partial charge in [0.05, 0.1) is 29.4 Å². The van der Waals surface area contributed by atoms with Gasteiger partial charge in [0.25, 0.3) is 0 Å². The summed E-state index contributed by atoms with van der Waals surface area (Å²) < 4.78 is 41.0. The number of anilines is 2. The minimum atomic E-state index is -4.64. The number of imidazole rings is 2. The predicted molar refractivity (Wildman–Crippen MR) is 109 cm³/mol. The quantitative estimate of drug-likeness (QED) is 0.428. The lowest BCUT2D eigenvalue weighted by atomic mass is 10.1. The van der Waals surface area contributed by atoms with Crippen molar-refractivity contribution in [3.05, 3.63) is 42.0 Å². The molecule has 0 amide bonds. The first-order valence-corrected chi connectivity index (χ1v) is 9.45. The number of nitrogens with one attached hydrogen (secondary N) is 2. The Morgan fingerprint density at radius 1 is 1.19 bits per heavy atom. The number of aliphatic hydroxyl groups is 1. The second-order valence-electron chi connectivity index (χ2n) is 7.86. The molecule has 0 fully saturated rings. The van der Waals surface area contributed by atoms with Gasteiger partial charge in [0, 0.05) is 13.6 Å². The number of likely N-dealkylation sites (N-methyl/N-ethyl adjacent to an activating group) is 1. The number of fused-ring (bicyclic) bond motifs is 2. The summed E-state index contributed by atoms with van der Waals surface area (Å²) in [4.78, 5) is 17.3. The van der Waals surface area contributed by atoms with Gasteiger partial charge in [0.15, 0.2) is 17.2 Å². The fourth-order valence-corrected chi connectivity index (χ4v) is 3.25. The highest BCUT2D eigenvalue weighted by Crippen LogP contribution is 2.31. The highest BCUT2D eigenvalue weighted by Gasteiger charge is 2.36. The topological polar surface area (TPSA) is 107 Å². The smallest absolute Gasteiger partial charge is 0.389 e. The fourth-order valence-electron chi connectivity index (χ4n) is 3.25. The highest BCUT2D eigenvalue weighted by molar-refractivity contribution is 5.74. The van der Waals surface area contributed by atoms with E-state index in [1.165, 1.54) is 4.90 Å². The standard InChI is InChI=1S/C19H21F3N8O/c1-18(2,31)10-29(3)17-27-15(16-24-8-13(19(20,21)22)30(16)28-17)23-9-14-25-11-6-4-5-7-12(11)26-14/h4-8,31H,9-10H2,1-3H3,(H,25,26)(H,23,27,28). The SMILES string of the molecule is CN(CC(C)(C)O)c1nc(NCc2nc3ccccc3[nH]2)c2ncc(C(F)(F)F)n2n1. The number of hydrogen-bond acceptors (Lipinski definition) is 7. The van der Waals surface area contributed by atoms with Gasteiger partial charge in [-0.25, -0.2) is 14.5 Å². The van der Waals surface area contributed by atoms with Crippen LogP contribution in [0.4, 0.5) is 24.9 Å². The molecular weight excluding hydrogens is 413 g/mol. The number of aromatic nitrogens is 6. The molecule has 0 spiro atoms. The number of para-hydroxylation sites is 2. The molecule has 0 bridgehead atoms. The van der Waals surface area contributed by atoms with E-state index in [0.717, 1.165) is 17.2 Å². The van der Waals surface area contributed by atoms with Crippen molar-refractivity contribution in [3.63, 3.8) is 0 Å². The first-order chi connectivity index (χ1) is 14.5. The molecule has 164 valence electrons. The third-order valence-electron chi connectivity index (χ3n) is 4.47. The third kappa shape index (κ3) is 4.38. The van der Waals surface area contributed by atoms with Gasteiger partial charge in [-0.2, -0.15) is 18.2 Å². The van der Waals surface area contributed by atoms with Crippen molar-refractivity contribution in [1.29, 1.82) is 0 Å². The van der Waals surface area contributed by atoms with Gasteiger partial charge in [-0.3, -0.25) is 0 Å². The molecule has 0 aliphatic carbocycles. The van der Waals surface area contributed by atoms with Crippen LogP contribution in [0, 0.1) is 0 Å². The van der Waals surface area contributed by atoms with E-state index in [0.29, 0.717) is 10.3 Å². The molecule has 4 aromatic rings. The molecule has 0 unspecified atom stereocenters. The van der Waals surface area contributed by atoms with Crippen LogP contribution in [-0.4, -0.2) is 53.9 Å². The number of nitrogens with zero attached hydrogens (tertiary/aromatic N) is 6. The number of halogens is 3. The summed E-state index contributed by atoms with van der Waals surface area (Å²) in [5.74, 6) is 0.709. The fraction of sp³-hybridized carbons (Fsp3) is 0.368. The van der Waals surface area contributed by atoms with Crippen LogP contribution in [-0.2, 0) is 12.7 Å². The van der Waals surface area contributed by atoms with Crippen LogP contribution in [0.2, 0.25) is 0 Å². The van der Waals surface area contributed by atoms with E-state index in [-0.39, 0.29) is 30.5 Å². The molecule has 0 radical (unpaired) electrons. The minimum Gasteiger partial charge on any atom is -0.389 e. The normalized spacial score (nSPS) is 12.6. The zero-order valence-electron chi connectivity index (χ0n) is 17.1. The Morgan fingerprint density at radius 3 is 2.61 bits per heavy atom. The largest absolute Gasteiger partial charge is 0.435 e. The monoisotopic (exact) mass is 434 g/mol. The maximum atomic E-state index is 13.4. The highest BCUT2D eigenvalue weighted by atomic mass is 19.4. The van der Waals surface area contributed by atoms with Crippen LogP contribution >= 0.6 is 0 Å². The summed E-state index contributed by atoms with van der Waals surface area (Å²) >= 11 is 0. The molecule has 0 atom stereocenters. The van der Waals surface area contributed by atoms with Crippen molar-refractivity contribution in [2.24, 2.45) is 0 Å². The first kappa shape index (κ1) is 20.8. The second kappa shape index (κ2) is 7.38. The first-order valence-electron chi connectivity index (χ1n) is 9.45. The third-order valence-corrected chi connectivity index (χ3v) is 4.47. The lowest BCUT2D eigenvalue weighted by Gasteiger charge is -2.25. The van der Waals surface area contributed by atoms with E-state index >= 15 is 0 Å². The van der Waals surface area contributed by atoms with Crippen LogP contribution < -0.4 is 10.2 Å². The van der Waals surface area contributed by atoms with Gasteiger partial charge in [-0.15, -0.1) is 5.10 Å². The molecule has 9 nitrogen and oxygen atoms in total. The molecular formula is C19H21F3N8O. The summed E-state index contributed by atoms with van der Waals surface area (Å²) in [6, 6.07) is 7.47. The van der Waals surface area contributed by atoms with E-state index in [4.69, 9.17) is 0 Å². The number of hydrogen-bond donors (Lipinski definition) is 3. The molecule has 3 N–H and O–H groups in total. The summed E-state index contributed by atoms with van der Waals surface area (Å²) in [6.45, 7) is 3.46. The Hall–Kier alpha value is -3.41. The van der Waals surface area contributed by atoms with Crippen molar-refractivity contribution in [2.45, 2.75) is 32.2 Å². The number of H-pyrrole nitrogens is 1. The molecule has 1 aromatic carbocycles. The lowest BCUT2D eigenvalue weighted by molar-refractivity contribution is -0.142. The van der Waals surface area contributed by atoms with Gasteiger partial charge >= 0.3 is 6.18 Å². The lowest BCUT2D eigenvalue weighted by Crippen LogP contribution is -2.37. The molecule has 0 aliphatic heterocycles. The Kier molecular flexibility index (Phi) is 4.96. The molecule has 0 aliphatic rings. The maximum absolute atomic E-state index is 13.4. The summed E-state index contributed by atoms with van der Waals surface area (Å²) in [6.07, 6.45) is -3.92. The van der Waals surface area contributed by atoms with E-state index in [2.05, 4.69) is 30.4 Å². The minimum absolute atomic E-state index is 0.00484. The van der Waals surface area contributed by atoms with Crippen molar-refractivity contribution in [3.8, 4) is 0 Å². The van der Waals surface area contributed by atoms with Gasteiger partial charge in [0.1, 0.15) is 5.82 Å². The van der Waals surface area contributed by atoms with E-state index in [1.807, 2.05) is 24.3 Å². The van der Waals surface area contributed by atoms with Gasteiger partial charge in [0.2, 0.25) is 5.95 Å². The molecule has 0 saturated carbocycles. The van der Waals surface area contributed by atoms with Gasteiger partial charge in [-0.1, -0.05) is 12.1 Å². The van der Waals surface area contributed by atoms with E-state index in [9.17, 15) is 18.3 Å². The van der Waals surface area contributed by atoms with Crippen molar-refractivity contribution >= 4 is 28.4 Å². The number of rotatable bonds is 6. The van der Waals surface area contributed by atoms with Crippen molar-refractivity contribution in [2.75, 3.05) is 23.8 Å². The second-order valence-corrected chi connectivity index (χ2v) is 7.86. The van der Waals surface area contributed by atoms with Crippen LogP contribution in [0.1, 0.15) is 25.4 Å². The van der Waals surface area contributed by atoms with Crippen LogP contribution in [0.25, 0.3) is 16.7 Å². The van der Waals surface area contributed by atoms with Crippen molar-refractivity contribution < 1.29 is 18.3 Å². The van der Waals surface area contributed by atoms with Crippen molar-refractivity contribution in [1.82, 2.24) is 29.5 Å². The summed E-state index contributed by atoms with van der Waals surface area (Å²) in [7, 11) is 1.59. The van der Waals surface area contributed by atoms with Crippen LogP contribution in [0.5, 0.6) is 0 Å². The van der Waals surface area contributed by atoms with E-state index in [1.54, 1.807) is 20.9 Å². The zero-order valence-corrected chi connectivity index (χ0v) is 17.1. The average molecular weight is 434 g/mol. The molecule has 3 aromatic heterocycles. The molecule has 12 heteroatoms. The number of benzene rings is 1.